The van der Waals surface area contributed by atoms with E-state index in [0.717, 1.165) is 71.9 Å². The fraction of sp³-hybridized carbons (Fsp3) is 0.556. The van der Waals surface area contributed by atoms with Crippen LogP contribution in [0.5, 0.6) is 0 Å². The Kier molecular flexibility index (Phi) is 7.83. The van der Waals surface area contributed by atoms with Crippen LogP contribution in [0, 0.1) is 17.8 Å². The molecular formula is C36H44N4O4. The van der Waals surface area contributed by atoms with Gasteiger partial charge in [0.1, 0.15) is 12.3 Å². The lowest BCUT2D eigenvalue weighted by Crippen LogP contribution is -2.44. The van der Waals surface area contributed by atoms with Crippen molar-refractivity contribution < 1.29 is 19.2 Å². The normalized spacial score (nSPS) is 25.5. The maximum Gasteiger partial charge on any atom is 0.243 e. The fourth-order valence-corrected chi connectivity index (χ4v) is 7.92. The summed E-state index contributed by atoms with van der Waals surface area (Å²) >= 11 is 0. The highest BCUT2D eigenvalue weighted by Gasteiger charge is 2.66. The van der Waals surface area contributed by atoms with Crippen molar-refractivity contribution in [3.05, 3.63) is 47.5 Å². The molecule has 0 radical (unpaired) electrons. The third-order valence-electron chi connectivity index (χ3n) is 10.4. The molecule has 44 heavy (non-hydrogen) atoms. The first-order valence-corrected chi connectivity index (χ1v) is 16.2. The molecule has 8 heteroatoms. The van der Waals surface area contributed by atoms with Crippen LogP contribution >= 0.6 is 0 Å². The zero-order chi connectivity index (χ0) is 31.4. The standard InChI is InChI=1S/C36H44N4O4/c1-6-31(43)30-16-36-12-10-26(42)15-35(4,5)11-8-7-9-24-13-25(29-19-37-22(2)18-38-29)14-27-28(23(3)41)20-39(34(24)27)21-33(44)40(30)32(36)17-36/h13-14,18-20,30,32H,6-12,15-17,21H2,1-5H3/t30-,32+,36-/m0/s1. The minimum Gasteiger partial charge on any atom is -0.337 e. The van der Waals surface area contributed by atoms with Gasteiger partial charge in [0.15, 0.2) is 11.6 Å². The monoisotopic (exact) mass is 596 g/mol. The lowest BCUT2D eigenvalue weighted by Gasteiger charge is -2.27. The molecule has 1 aliphatic carbocycles. The molecular weight excluding hydrogens is 552 g/mol. The molecule has 0 unspecified atom stereocenters. The number of ketones is 3. The van der Waals surface area contributed by atoms with Gasteiger partial charge in [-0.15, -0.1) is 0 Å². The van der Waals surface area contributed by atoms with Crippen molar-refractivity contribution in [2.45, 2.75) is 117 Å². The number of aromatic nitrogens is 3. The summed E-state index contributed by atoms with van der Waals surface area (Å²) in [5.41, 5.74) is 4.74. The van der Waals surface area contributed by atoms with Gasteiger partial charge in [-0.05, 0) is 80.9 Å². The fourth-order valence-electron chi connectivity index (χ4n) is 7.92. The van der Waals surface area contributed by atoms with Crippen LogP contribution in [0.3, 0.4) is 0 Å². The molecule has 6 rings (SSSR count). The maximum atomic E-state index is 14.2. The highest BCUT2D eigenvalue weighted by atomic mass is 16.2. The van der Waals surface area contributed by atoms with Crippen molar-refractivity contribution in [1.82, 2.24) is 19.4 Å². The van der Waals surface area contributed by atoms with Gasteiger partial charge in [-0.3, -0.25) is 29.1 Å². The number of benzene rings is 1. The Balaban J connectivity index is 1.46. The Morgan fingerprint density at radius 3 is 2.52 bits per heavy atom. The Morgan fingerprint density at radius 2 is 1.82 bits per heavy atom. The molecule has 4 heterocycles. The number of aryl methyl sites for hydroxylation is 2. The van der Waals surface area contributed by atoms with E-state index in [4.69, 9.17) is 0 Å². The predicted molar refractivity (Wildman–Crippen MR) is 169 cm³/mol. The Labute approximate surface area is 259 Å². The van der Waals surface area contributed by atoms with E-state index in [-0.39, 0.29) is 46.7 Å². The third kappa shape index (κ3) is 5.64. The van der Waals surface area contributed by atoms with Crippen molar-refractivity contribution >= 4 is 34.2 Å². The van der Waals surface area contributed by atoms with Crippen LogP contribution in [-0.2, 0) is 27.3 Å². The molecule has 1 aromatic carbocycles. The van der Waals surface area contributed by atoms with Crippen molar-refractivity contribution in [1.29, 1.82) is 0 Å². The SMILES string of the molecule is CCC(=O)[C@@H]1C[C@]23CCC(=O)CC(C)(C)CCCCc4cc(-c5cnc(C)cn5)cc5c(C(C)=O)cn(c45)CC(=O)N1[C@@H]2C3. The molecule has 3 aromatic rings. The average molecular weight is 597 g/mol. The molecule has 0 spiro atoms. The van der Waals surface area contributed by atoms with Gasteiger partial charge in [-0.1, -0.05) is 27.2 Å². The second kappa shape index (κ2) is 11.4. The molecule has 2 aliphatic heterocycles. The van der Waals surface area contributed by atoms with Gasteiger partial charge in [-0.2, -0.15) is 0 Å². The van der Waals surface area contributed by atoms with Gasteiger partial charge >= 0.3 is 0 Å². The molecule has 2 bridgehead atoms. The summed E-state index contributed by atoms with van der Waals surface area (Å²) in [5, 5.41) is 0.812. The van der Waals surface area contributed by atoms with E-state index < -0.39 is 6.04 Å². The zero-order valence-corrected chi connectivity index (χ0v) is 26.7. The van der Waals surface area contributed by atoms with Crippen LogP contribution in [0.1, 0.15) is 107 Å². The number of carbonyl (C=O) groups excluding carboxylic acids is 4. The topological polar surface area (TPSA) is 102 Å². The molecule has 2 aromatic heterocycles. The number of hydrogen-bond acceptors (Lipinski definition) is 6. The minimum atomic E-state index is -0.447. The van der Waals surface area contributed by atoms with Gasteiger partial charge < -0.3 is 9.47 Å². The van der Waals surface area contributed by atoms with Gasteiger partial charge in [0, 0.05) is 54.2 Å². The molecule has 8 nitrogen and oxygen atoms in total. The summed E-state index contributed by atoms with van der Waals surface area (Å²) in [6.45, 7) is 9.75. The van der Waals surface area contributed by atoms with Gasteiger partial charge in [-0.25, -0.2) is 0 Å². The first-order chi connectivity index (χ1) is 20.9. The largest absolute Gasteiger partial charge is 0.337 e. The number of amides is 1. The van der Waals surface area contributed by atoms with E-state index in [1.54, 1.807) is 19.3 Å². The molecule has 0 N–H and O–H groups in total. The number of hydrogen-bond donors (Lipinski definition) is 0. The minimum absolute atomic E-state index is 0.00715. The lowest BCUT2D eigenvalue weighted by molar-refractivity contribution is -0.139. The number of piperidine rings is 1. The highest BCUT2D eigenvalue weighted by Crippen LogP contribution is 2.62. The van der Waals surface area contributed by atoms with Crippen molar-refractivity contribution in [2.75, 3.05) is 0 Å². The Bertz CT molecular complexity index is 1650. The van der Waals surface area contributed by atoms with Gasteiger partial charge in [0.2, 0.25) is 5.91 Å². The average Bonchev–Trinajstić information content (AvgIpc) is 3.39. The van der Waals surface area contributed by atoms with E-state index in [1.165, 1.54) is 0 Å². The number of rotatable bonds is 4. The predicted octanol–water partition coefficient (Wildman–Crippen LogP) is 6.44. The van der Waals surface area contributed by atoms with Crippen LogP contribution in [-0.4, -0.2) is 54.8 Å². The zero-order valence-electron chi connectivity index (χ0n) is 26.7. The Hall–Kier alpha value is -3.68. The van der Waals surface area contributed by atoms with Gasteiger partial charge in [0.05, 0.1) is 29.1 Å². The van der Waals surface area contributed by atoms with E-state index >= 15 is 0 Å². The molecule has 1 amide bonds. The van der Waals surface area contributed by atoms with Crippen LogP contribution in [0.2, 0.25) is 0 Å². The van der Waals surface area contributed by atoms with Gasteiger partial charge in [0.25, 0.3) is 0 Å². The quantitative estimate of drug-likeness (QED) is 0.321. The molecule has 3 aliphatic rings. The van der Waals surface area contributed by atoms with E-state index in [1.807, 2.05) is 35.6 Å². The third-order valence-corrected chi connectivity index (χ3v) is 10.4. The number of Topliss-reactive ketones (excluding diaryl/α,β-unsaturated/α-hetero) is 3. The van der Waals surface area contributed by atoms with Crippen LogP contribution in [0.15, 0.2) is 30.7 Å². The summed E-state index contributed by atoms with van der Waals surface area (Å²) in [4.78, 5) is 64.3. The van der Waals surface area contributed by atoms with E-state index in [0.29, 0.717) is 31.2 Å². The Morgan fingerprint density at radius 1 is 1.02 bits per heavy atom. The first kappa shape index (κ1) is 30.4. The smallest absolute Gasteiger partial charge is 0.243 e. The highest BCUT2D eigenvalue weighted by molar-refractivity contribution is 6.09. The summed E-state index contributed by atoms with van der Waals surface area (Å²) in [5.74, 6) is 0.209. The maximum absolute atomic E-state index is 14.2. The molecule has 3 atom stereocenters. The van der Waals surface area contributed by atoms with E-state index in [9.17, 15) is 19.2 Å². The summed E-state index contributed by atoms with van der Waals surface area (Å²) in [6, 6.07) is 3.67. The first-order valence-electron chi connectivity index (χ1n) is 16.2. The van der Waals surface area contributed by atoms with Crippen LogP contribution < -0.4 is 0 Å². The number of carbonyl (C=O) groups is 4. The second-order valence-corrected chi connectivity index (χ2v) is 14.3. The van der Waals surface area contributed by atoms with Crippen molar-refractivity contribution in [3.8, 4) is 11.3 Å². The molecule has 1 saturated heterocycles. The van der Waals surface area contributed by atoms with Crippen LogP contribution in [0.25, 0.3) is 22.2 Å². The lowest BCUT2D eigenvalue weighted by atomic mass is 9.80. The second-order valence-electron chi connectivity index (χ2n) is 14.3. The van der Waals surface area contributed by atoms with Crippen molar-refractivity contribution in [2.24, 2.45) is 10.8 Å². The summed E-state index contributed by atoms with van der Waals surface area (Å²) < 4.78 is 1.94. The van der Waals surface area contributed by atoms with Crippen molar-refractivity contribution in [3.63, 3.8) is 0 Å². The number of nitrogens with zero attached hydrogens (tertiary/aromatic N) is 4. The summed E-state index contributed by atoms with van der Waals surface area (Å²) in [6.07, 6.45) is 12.6. The van der Waals surface area contributed by atoms with Crippen LogP contribution in [0.4, 0.5) is 0 Å². The molecule has 2 fully saturated rings. The summed E-state index contributed by atoms with van der Waals surface area (Å²) in [7, 11) is 0. The van der Waals surface area contributed by atoms with E-state index in [2.05, 4.69) is 29.9 Å². The molecule has 232 valence electrons. The molecule has 1 saturated carbocycles.